The van der Waals surface area contributed by atoms with Gasteiger partial charge in [-0.3, -0.25) is 0 Å². The van der Waals surface area contributed by atoms with Gasteiger partial charge in [-0.05, 0) is 12.1 Å². The van der Waals surface area contributed by atoms with E-state index in [4.69, 9.17) is 27.5 Å². The third-order valence-electron chi connectivity index (χ3n) is 1.09. The summed E-state index contributed by atoms with van der Waals surface area (Å²) in [6, 6.07) is 3.06. The third kappa shape index (κ3) is 4.76. The molecule has 1 aromatic rings. The summed E-state index contributed by atoms with van der Waals surface area (Å²) in [6.45, 7) is 0.472. The molecule has 6 heteroatoms. The molecule has 5 nitrogen and oxygen atoms in total. The lowest BCUT2D eigenvalue weighted by Crippen LogP contribution is -2.02. The van der Waals surface area contributed by atoms with Gasteiger partial charge in [0.05, 0.1) is 11.6 Å². The molecule has 0 aromatic carbocycles. The van der Waals surface area contributed by atoms with E-state index in [1.54, 1.807) is 6.07 Å². The Morgan fingerprint density at radius 2 is 2.21 bits per heavy atom. The van der Waals surface area contributed by atoms with Crippen molar-refractivity contribution in [3.8, 4) is 0 Å². The molecule has 0 bridgehead atoms. The number of rotatable bonds is 2. The lowest BCUT2D eigenvalue weighted by Gasteiger charge is -1.93. The average molecular weight is 219 g/mol. The van der Waals surface area contributed by atoms with Crippen molar-refractivity contribution in [1.82, 2.24) is 4.98 Å². The Morgan fingerprint density at radius 3 is 2.50 bits per heavy atom. The number of aliphatic hydroxyl groups excluding tert-OH is 1. The van der Waals surface area contributed by atoms with E-state index < -0.39 is 5.97 Å². The fourth-order valence-corrected chi connectivity index (χ4v) is 0.745. The van der Waals surface area contributed by atoms with E-state index in [0.717, 1.165) is 0 Å². The number of pyridine rings is 1. The number of aromatic nitrogens is 1. The maximum absolute atomic E-state index is 10.3. The predicted octanol–water partition coefficient (Wildman–Crippen LogP) is 0.371. The first-order chi connectivity index (χ1) is 6.63. The highest BCUT2D eigenvalue weighted by molar-refractivity contribution is 6.33. The topological polar surface area (TPSA) is 96.4 Å². The number of hydrogen-bond donors (Lipinski definition) is 3. The Bertz CT molecular complexity index is 292. The van der Waals surface area contributed by atoms with Gasteiger partial charge in [0.15, 0.2) is 5.69 Å². The van der Waals surface area contributed by atoms with E-state index in [1.165, 1.54) is 12.3 Å². The van der Waals surface area contributed by atoms with Crippen LogP contribution in [0.25, 0.3) is 0 Å². The smallest absolute Gasteiger partial charge is 0.356 e. The quantitative estimate of drug-likeness (QED) is 0.667. The predicted molar refractivity (Wildman–Crippen MR) is 52.3 cm³/mol. The van der Waals surface area contributed by atoms with E-state index in [2.05, 4.69) is 4.98 Å². The summed E-state index contributed by atoms with van der Waals surface area (Å²) in [7, 11) is 0. The van der Waals surface area contributed by atoms with E-state index in [0.29, 0.717) is 6.54 Å². The van der Waals surface area contributed by atoms with Crippen LogP contribution >= 0.6 is 11.6 Å². The van der Waals surface area contributed by atoms with Crippen LogP contribution < -0.4 is 5.73 Å². The summed E-state index contributed by atoms with van der Waals surface area (Å²) in [5.74, 6) is -1.11. The van der Waals surface area contributed by atoms with Gasteiger partial charge in [-0.25, -0.2) is 9.78 Å². The van der Waals surface area contributed by atoms with Gasteiger partial charge in [-0.15, -0.1) is 0 Å². The summed E-state index contributed by atoms with van der Waals surface area (Å²) < 4.78 is 0. The molecular formula is C8H11ClN2O3. The zero-order valence-electron chi connectivity index (χ0n) is 7.35. The van der Waals surface area contributed by atoms with Crippen molar-refractivity contribution in [2.24, 2.45) is 5.73 Å². The standard InChI is InChI=1S/C6H4ClNO2.C2H7NO/c7-4-2-1-3-8-5(4)6(9)10;3-1-2-4/h1-3H,(H,9,10);4H,1-3H2. The van der Waals surface area contributed by atoms with Gasteiger partial charge < -0.3 is 15.9 Å². The second kappa shape index (κ2) is 7.25. The van der Waals surface area contributed by atoms with E-state index in [1.807, 2.05) is 0 Å². The van der Waals surface area contributed by atoms with Crippen LogP contribution in [-0.2, 0) is 0 Å². The molecule has 0 aliphatic heterocycles. The molecule has 0 atom stereocenters. The van der Waals surface area contributed by atoms with Gasteiger partial charge >= 0.3 is 5.97 Å². The van der Waals surface area contributed by atoms with Crippen molar-refractivity contribution < 1.29 is 15.0 Å². The monoisotopic (exact) mass is 218 g/mol. The van der Waals surface area contributed by atoms with Crippen LogP contribution in [0.5, 0.6) is 0 Å². The number of nitrogens with zero attached hydrogens (tertiary/aromatic N) is 1. The number of halogens is 1. The van der Waals surface area contributed by atoms with Gasteiger partial charge in [-0.1, -0.05) is 11.6 Å². The summed E-state index contributed by atoms with van der Waals surface area (Å²) in [5.41, 5.74) is 4.67. The molecule has 14 heavy (non-hydrogen) atoms. The number of aliphatic hydroxyl groups is 1. The number of aromatic carboxylic acids is 1. The summed E-state index contributed by atoms with van der Waals surface area (Å²) in [5, 5.41) is 16.3. The number of nitrogens with two attached hydrogens (primary N) is 1. The Kier molecular flexibility index (Phi) is 6.65. The van der Waals surface area contributed by atoms with Crippen molar-refractivity contribution in [1.29, 1.82) is 0 Å². The Morgan fingerprint density at radius 1 is 1.64 bits per heavy atom. The van der Waals surface area contributed by atoms with Crippen LogP contribution in [0.4, 0.5) is 0 Å². The molecule has 0 aliphatic carbocycles. The highest BCUT2D eigenvalue weighted by Gasteiger charge is 2.07. The van der Waals surface area contributed by atoms with E-state index in [9.17, 15) is 4.79 Å². The van der Waals surface area contributed by atoms with Crippen molar-refractivity contribution in [2.45, 2.75) is 0 Å². The Hall–Kier alpha value is -1.17. The van der Waals surface area contributed by atoms with Crippen LogP contribution in [0.3, 0.4) is 0 Å². The van der Waals surface area contributed by atoms with Gasteiger partial charge in [0.2, 0.25) is 0 Å². The van der Waals surface area contributed by atoms with Crippen LogP contribution in [0.1, 0.15) is 10.5 Å². The normalized spacial score (nSPS) is 8.79. The van der Waals surface area contributed by atoms with Crippen LogP contribution in [0, 0.1) is 0 Å². The lowest BCUT2D eigenvalue weighted by molar-refractivity contribution is 0.0690. The molecule has 0 fully saturated rings. The summed E-state index contributed by atoms with van der Waals surface area (Å²) in [4.78, 5) is 13.8. The molecule has 1 rings (SSSR count). The first kappa shape index (κ1) is 12.8. The van der Waals surface area contributed by atoms with Crippen LogP contribution in [0.15, 0.2) is 18.3 Å². The van der Waals surface area contributed by atoms with E-state index >= 15 is 0 Å². The molecule has 0 aliphatic rings. The molecule has 0 saturated carbocycles. The molecule has 78 valence electrons. The van der Waals surface area contributed by atoms with Gasteiger partial charge in [0, 0.05) is 12.7 Å². The first-order valence-electron chi connectivity index (χ1n) is 3.78. The van der Waals surface area contributed by atoms with E-state index in [-0.39, 0.29) is 17.3 Å². The molecule has 0 saturated heterocycles. The number of carboxylic acid groups (broad SMARTS) is 1. The second-order valence-electron chi connectivity index (χ2n) is 2.15. The first-order valence-corrected chi connectivity index (χ1v) is 4.16. The molecule has 1 heterocycles. The molecule has 1 aromatic heterocycles. The van der Waals surface area contributed by atoms with Crippen LogP contribution in [-0.4, -0.2) is 34.3 Å². The van der Waals surface area contributed by atoms with Gasteiger partial charge in [0.25, 0.3) is 0 Å². The number of carbonyl (C=O) groups is 1. The molecule has 0 amide bonds. The molecule has 0 radical (unpaired) electrons. The summed E-state index contributed by atoms with van der Waals surface area (Å²) >= 11 is 5.48. The van der Waals surface area contributed by atoms with Crippen molar-refractivity contribution in [2.75, 3.05) is 13.2 Å². The largest absolute Gasteiger partial charge is 0.476 e. The number of carboxylic acids is 1. The SMILES string of the molecule is NCCO.O=C(O)c1ncccc1Cl. The highest BCUT2D eigenvalue weighted by atomic mass is 35.5. The maximum Gasteiger partial charge on any atom is 0.356 e. The van der Waals surface area contributed by atoms with Crippen molar-refractivity contribution in [3.05, 3.63) is 29.0 Å². The number of hydrogen-bond acceptors (Lipinski definition) is 4. The van der Waals surface area contributed by atoms with Crippen molar-refractivity contribution >= 4 is 17.6 Å². The minimum Gasteiger partial charge on any atom is -0.476 e. The zero-order chi connectivity index (χ0) is 11.0. The molecular weight excluding hydrogens is 208 g/mol. The van der Waals surface area contributed by atoms with Gasteiger partial charge in [-0.2, -0.15) is 0 Å². The van der Waals surface area contributed by atoms with Gasteiger partial charge in [0.1, 0.15) is 0 Å². The van der Waals surface area contributed by atoms with Crippen LogP contribution in [0.2, 0.25) is 5.02 Å². The fourth-order valence-electron chi connectivity index (χ4n) is 0.543. The minimum absolute atomic E-state index is 0.0972. The maximum atomic E-state index is 10.3. The highest BCUT2D eigenvalue weighted by Crippen LogP contribution is 2.10. The minimum atomic E-state index is -1.11. The third-order valence-corrected chi connectivity index (χ3v) is 1.40. The molecule has 0 unspecified atom stereocenters. The van der Waals surface area contributed by atoms with Crippen molar-refractivity contribution in [3.63, 3.8) is 0 Å². The molecule has 0 spiro atoms. The molecule has 4 N–H and O–H groups in total. The second-order valence-corrected chi connectivity index (χ2v) is 2.56. The zero-order valence-corrected chi connectivity index (χ0v) is 8.11. The summed E-state index contributed by atoms with van der Waals surface area (Å²) in [6.07, 6.45) is 1.38. The Labute approximate surface area is 86.1 Å². The lowest BCUT2D eigenvalue weighted by atomic mass is 10.3. The Balaban J connectivity index is 0.000000364. The fraction of sp³-hybridized carbons (Fsp3) is 0.250. The average Bonchev–Trinajstić information content (AvgIpc) is 2.18.